The summed E-state index contributed by atoms with van der Waals surface area (Å²) in [6.45, 7) is 8.99. The molecule has 3 heterocycles. The molecule has 2 unspecified atom stereocenters. The van der Waals surface area contributed by atoms with Gasteiger partial charge in [-0.15, -0.1) is 17.7 Å². The van der Waals surface area contributed by atoms with Gasteiger partial charge in [-0.05, 0) is 54.9 Å². The molecule has 0 aliphatic carbocycles. The summed E-state index contributed by atoms with van der Waals surface area (Å²) in [6, 6.07) is 16.0. The molecule has 6 nitrogen and oxygen atoms in total. The number of pyridine rings is 1. The molecule has 10 heteroatoms. The number of aryl methyl sites for hydroxylation is 1. The summed E-state index contributed by atoms with van der Waals surface area (Å²) in [6.07, 6.45) is 4.35. The molecule has 1 fully saturated rings. The molecule has 4 aromatic rings. The number of fused-ring (bicyclic) bond motifs is 1. The first kappa shape index (κ1) is 34.7. The zero-order valence-electron chi connectivity index (χ0n) is 25.1. The van der Waals surface area contributed by atoms with E-state index in [4.69, 9.17) is 25.8 Å². The van der Waals surface area contributed by atoms with Crippen LogP contribution in [0.3, 0.4) is 0 Å². The van der Waals surface area contributed by atoms with Gasteiger partial charge in [-0.2, -0.15) is 6.07 Å². The SMILES string of the molecule is C=C(Cc1cc(F)c(-c2cccc3c2OC(C)(c2ccc(Cl)nc2)O3)cc1F)N(CC1CCO1)c1cc([C-]=O)ccc1C.[CH3-].[U+2]. The van der Waals surface area contributed by atoms with Crippen LogP contribution >= 0.6 is 11.6 Å². The van der Waals surface area contributed by atoms with Gasteiger partial charge in [0.25, 0.3) is 5.79 Å². The number of benzene rings is 3. The Morgan fingerprint density at radius 3 is 2.56 bits per heavy atom. The first-order valence-corrected chi connectivity index (χ1v) is 14.2. The van der Waals surface area contributed by atoms with Crippen LogP contribution < -0.4 is 14.4 Å². The second kappa shape index (κ2) is 14.0. The van der Waals surface area contributed by atoms with Gasteiger partial charge in [-0.25, -0.2) is 13.8 Å². The normalized spacial score (nSPS) is 17.8. The van der Waals surface area contributed by atoms with Gasteiger partial charge >= 0.3 is 31.1 Å². The van der Waals surface area contributed by atoms with Crippen molar-refractivity contribution in [2.75, 3.05) is 18.1 Å². The Hall–Kier alpha value is -3.22. The number of anilines is 1. The summed E-state index contributed by atoms with van der Waals surface area (Å²) in [7, 11) is 0. The molecule has 2 aliphatic rings. The van der Waals surface area contributed by atoms with Gasteiger partial charge in [-0.3, -0.25) is 0 Å². The van der Waals surface area contributed by atoms with Crippen molar-refractivity contribution in [2.24, 2.45) is 0 Å². The van der Waals surface area contributed by atoms with Gasteiger partial charge in [0.1, 0.15) is 16.8 Å². The summed E-state index contributed by atoms with van der Waals surface area (Å²) in [5, 5.41) is 0.325. The number of aromatic nitrogens is 1. The minimum atomic E-state index is -1.23. The van der Waals surface area contributed by atoms with Crippen LogP contribution in [-0.4, -0.2) is 30.5 Å². The Morgan fingerprint density at radius 1 is 1.11 bits per heavy atom. The quantitative estimate of drug-likeness (QED) is 0.126. The maximum Gasteiger partial charge on any atom is 2.00 e. The fourth-order valence-electron chi connectivity index (χ4n) is 5.34. The van der Waals surface area contributed by atoms with Gasteiger partial charge < -0.3 is 31.3 Å². The van der Waals surface area contributed by atoms with Gasteiger partial charge in [0.15, 0.2) is 11.5 Å². The second-order valence-electron chi connectivity index (χ2n) is 10.8. The largest absolute Gasteiger partial charge is 2.00 e. The Balaban J connectivity index is 0.00000230. The number of nitrogens with zero attached hydrogens (tertiary/aromatic N) is 2. The first-order valence-electron chi connectivity index (χ1n) is 13.8. The molecule has 3 aromatic carbocycles. The standard InChI is InChI=1S/C34H28ClF2N2O4.CH3.U/c1-20-7-8-22(19-40)14-30(20)39(18-25-11-12-41-25)21(2)13-23-15-29(37)27(16-28(23)36)26-5-4-6-31-33(26)43-34(3,42-31)24-9-10-32(35)38-17-24;;/h4-10,14-17,25H,2,11-13,18H2,1,3H3;1H3;/q2*-1;+2. The number of para-hydroxylation sites is 1. The van der Waals surface area contributed by atoms with Crippen LogP contribution in [0.15, 0.2) is 79.1 Å². The zero-order chi connectivity index (χ0) is 30.3. The molecule has 0 amide bonds. The maximum absolute atomic E-state index is 15.8. The van der Waals surface area contributed by atoms with Crippen molar-refractivity contribution >= 4 is 23.6 Å². The fraction of sp³-hybridized carbons (Fsp3) is 0.229. The number of hydrogen-bond acceptors (Lipinski definition) is 6. The fourth-order valence-corrected chi connectivity index (χ4v) is 5.45. The minimum absolute atomic E-state index is 0. The third-order valence-electron chi connectivity index (χ3n) is 7.83. The summed E-state index contributed by atoms with van der Waals surface area (Å²) < 4.78 is 49.4. The van der Waals surface area contributed by atoms with Crippen LogP contribution in [0.1, 0.15) is 35.6 Å². The second-order valence-corrected chi connectivity index (χ2v) is 11.2. The summed E-state index contributed by atoms with van der Waals surface area (Å²) >= 11 is 5.94. The van der Waals surface area contributed by atoms with Crippen LogP contribution in [0.5, 0.6) is 11.5 Å². The van der Waals surface area contributed by atoms with Crippen molar-refractivity contribution in [3.63, 3.8) is 0 Å². The topological polar surface area (TPSA) is 60.9 Å². The van der Waals surface area contributed by atoms with E-state index in [1.54, 1.807) is 55.6 Å². The molecule has 0 spiro atoms. The average molecular weight is 855 g/mol. The van der Waals surface area contributed by atoms with E-state index in [2.05, 4.69) is 11.6 Å². The van der Waals surface area contributed by atoms with E-state index in [1.165, 1.54) is 12.1 Å². The van der Waals surface area contributed by atoms with E-state index >= 15 is 8.78 Å². The first-order chi connectivity index (χ1) is 20.6. The number of hydrogen-bond donors (Lipinski definition) is 0. The van der Waals surface area contributed by atoms with E-state index in [-0.39, 0.29) is 62.2 Å². The number of ether oxygens (including phenoxy) is 3. The van der Waals surface area contributed by atoms with Crippen molar-refractivity contribution in [3.05, 3.63) is 126 Å². The molecule has 0 N–H and O–H groups in total. The molecule has 1 aromatic heterocycles. The van der Waals surface area contributed by atoms with E-state index in [0.717, 1.165) is 17.7 Å². The van der Waals surface area contributed by atoms with E-state index in [1.807, 2.05) is 24.2 Å². The smallest absolute Gasteiger partial charge is 0.444 e. The van der Waals surface area contributed by atoms with Crippen LogP contribution in [-0.2, 0) is 21.7 Å². The Labute approximate surface area is 290 Å². The molecule has 6 rings (SSSR count). The molecule has 1 saturated heterocycles. The molecule has 0 bridgehead atoms. The van der Waals surface area contributed by atoms with Gasteiger partial charge in [-0.1, -0.05) is 35.9 Å². The third-order valence-corrected chi connectivity index (χ3v) is 8.06. The average Bonchev–Trinajstić information content (AvgIpc) is 3.32. The van der Waals surface area contributed by atoms with Crippen molar-refractivity contribution in [1.82, 2.24) is 4.98 Å². The maximum atomic E-state index is 15.8. The minimum Gasteiger partial charge on any atom is -0.444 e. The molecule has 0 radical (unpaired) electrons. The number of allylic oxidation sites excluding steroid dienone is 1. The van der Waals surface area contributed by atoms with E-state index in [9.17, 15) is 4.79 Å². The summed E-state index contributed by atoms with van der Waals surface area (Å²) in [5.41, 5.74) is 3.73. The number of halogens is 3. The molecular formula is C35H31ClF2N2O4U. The Kier molecular flexibility index (Phi) is 10.8. The van der Waals surface area contributed by atoms with Crippen LogP contribution in [0.2, 0.25) is 5.15 Å². The third kappa shape index (κ3) is 6.97. The van der Waals surface area contributed by atoms with Crippen LogP contribution in [0, 0.1) is 57.1 Å². The zero-order valence-corrected chi connectivity index (χ0v) is 30.0. The van der Waals surface area contributed by atoms with E-state index < -0.39 is 17.4 Å². The summed E-state index contributed by atoms with van der Waals surface area (Å²) in [4.78, 5) is 17.4. The van der Waals surface area contributed by atoms with Gasteiger partial charge in [0, 0.05) is 49.5 Å². The Morgan fingerprint density at radius 2 is 1.89 bits per heavy atom. The Bertz CT molecular complexity index is 1730. The van der Waals surface area contributed by atoms with Crippen LogP contribution in [0.4, 0.5) is 14.5 Å². The van der Waals surface area contributed by atoms with Crippen molar-refractivity contribution in [2.45, 2.75) is 38.6 Å². The molecule has 2 atom stereocenters. The number of rotatable bonds is 9. The van der Waals surface area contributed by atoms with Gasteiger partial charge in [0.2, 0.25) is 0 Å². The van der Waals surface area contributed by atoms with Gasteiger partial charge in [0.05, 0.1) is 18.0 Å². The van der Waals surface area contributed by atoms with Crippen molar-refractivity contribution < 1.29 is 58.9 Å². The molecular weight excluding hydrogens is 824 g/mol. The van der Waals surface area contributed by atoms with Crippen molar-refractivity contribution in [1.29, 1.82) is 0 Å². The van der Waals surface area contributed by atoms with E-state index in [0.29, 0.717) is 52.2 Å². The predicted molar refractivity (Wildman–Crippen MR) is 167 cm³/mol. The molecule has 0 saturated carbocycles. The number of carbonyl (C=O) groups excluding carboxylic acids is 1. The summed E-state index contributed by atoms with van der Waals surface area (Å²) in [5.74, 6) is -1.75. The van der Waals surface area contributed by atoms with Crippen molar-refractivity contribution in [3.8, 4) is 22.6 Å². The van der Waals surface area contributed by atoms with Crippen LogP contribution in [0.25, 0.3) is 11.1 Å². The molecule has 45 heavy (non-hydrogen) atoms. The predicted octanol–water partition coefficient (Wildman–Crippen LogP) is 7.89. The molecule has 230 valence electrons. The monoisotopic (exact) mass is 854 g/mol. The molecule has 2 aliphatic heterocycles.